The van der Waals surface area contributed by atoms with E-state index in [1.807, 2.05) is 6.92 Å². The van der Waals surface area contributed by atoms with Crippen LogP contribution in [0.1, 0.15) is 54.6 Å². The molecule has 0 aliphatic heterocycles. The number of ketones is 2. The molecule has 0 spiro atoms. The lowest BCUT2D eigenvalue weighted by Crippen LogP contribution is -2.63. The van der Waals surface area contributed by atoms with E-state index >= 15 is 0 Å². The number of carbonyl (C=O) groups excluding carboxylic acids is 3. The summed E-state index contributed by atoms with van der Waals surface area (Å²) < 4.78 is 0. The van der Waals surface area contributed by atoms with Crippen molar-refractivity contribution in [1.29, 1.82) is 0 Å². The Morgan fingerprint density at radius 2 is 1.87 bits per heavy atom. The van der Waals surface area contributed by atoms with E-state index in [0.29, 0.717) is 22.7 Å². The minimum Gasteiger partial charge on any atom is -0.510 e. The van der Waals surface area contributed by atoms with Crippen LogP contribution in [0.3, 0.4) is 0 Å². The van der Waals surface area contributed by atoms with Crippen molar-refractivity contribution < 1.29 is 34.8 Å². The summed E-state index contributed by atoms with van der Waals surface area (Å²) in [7, 11) is 3.18. The third kappa shape index (κ3) is 4.43. The van der Waals surface area contributed by atoms with E-state index in [0.717, 1.165) is 25.9 Å². The van der Waals surface area contributed by atoms with Crippen LogP contribution in [0.5, 0.6) is 5.75 Å². The van der Waals surface area contributed by atoms with Gasteiger partial charge in [0.05, 0.1) is 11.6 Å². The predicted molar refractivity (Wildman–Crippen MR) is 145 cm³/mol. The van der Waals surface area contributed by atoms with Gasteiger partial charge in [-0.3, -0.25) is 24.2 Å². The first kappa shape index (κ1) is 29.1. The highest BCUT2D eigenvalue weighted by molar-refractivity contribution is 6.33. The smallest absolute Gasteiger partial charge is 0.255 e. The second kappa shape index (κ2) is 10.6. The number of unbranched alkanes of at least 4 members (excludes halogenated alkanes) is 1. The Morgan fingerprint density at radius 1 is 1.21 bits per heavy atom. The van der Waals surface area contributed by atoms with Crippen LogP contribution in [0.15, 0.2) is 28.7 Å². The third-order valence-electron chi connectivity index (χ3n) is 8.40. The van der Waals surface area contributed by atoms with E-state index in [9.17, 15) is 34.8 Å². The van der Waals surface area contributed by atoms with Crippen LogP contribution in [-0.4, -0.2) is 86.5 Å². The number of aliphatic hydroxyl groups excluding tert-OH is 2. The summed E-state index contributed by atoms with van der Waals surface area (Å²) in [5.74, 6) is -6.80. The van der Waals surface area contributed by atoms with Gasteiger partial charge in [0.2, 0.25) is 5.78 Å². The van der Waals surface area contributed by atoms with Crippen LogP contribution < -0.4 is 5.73 Å². The summed E-state index contributed by atoms with van der Waals surface area (Å²) in [6.45, 7) is 6.26. The molecule has 0 saturated carbocycles. The number of rotatable bonds is 8. The van der Waals surface area contributed by atoms with Crippen LogP contribution in [0.25, 0.3) is 0 Å². The molecule has 11 heteroatoms. The van der Waals surface area contributed by atoms with E-state index in [1.165, 1.54) is 11.0 Å². The van der Waals surface area contributed by atoms with Crippen molar-refractivity contribution >= 4 is 29.1 Å². The van der Waals surface area contributed by atoms with Crippen molar-refractivity contribution in [3.05, 3.63) is 50.4 Å². The van der Waals surface area contributed by atoms with Gasteiger partial charge in [-0.05, 0) is 69.6 Å². The summed E-state index contributed by atoms with van der Waals surface area (Å²) in [6.07, 6.45) is 2.22. The van der Waals surface area contributed by atoms with Gasteiger partial charge in [0, 0.05) is 23.1 Å². The lowest BCUT2D eigenvalue weighted by molar-refractivity contribution is -0.148. The Bertz CT molecular complexity index is 1300. The van der Waals surface area contributed by atoms with Gasteiger partial charge in [0.25, 0.3) is 5.91 Å². The van der Waals surface area contributed by atoms with Crippen molar-refractivity contribution in [3.63, 3.8) is 0 Å². The SMILES string of the molecule is CCCCN(CC)Cc1cc(O)c2c(c1Cl)C[C@H]1C[C@H]3[C@H](N(C)C)C(O)=C(C(N)=O)C(=O)[C@@]3(O)C(O)=C1C2=O. The second-order valence-corrected chi connectivity index (χ2v) is 11.3. The molecule has 0 radical (unpaired) electrons. The molecule has 4 rings (SSSR count). The minimum absolute atomic E-state index is 0.0185. The van der Waals surface area contributed by atoms with Crippen molar-refractivity contribution in [2.24, 2.45) is 17.6 Å². The molecule has 10 nitrogen and oxygen atoms in total. The summed E-state index contributed by atoms with van der Waals surface area (Å²) in [6, 6.07) is 0.411. The Labute approximate surface area is 232 Å². The number of likely N-dealkylation sites (N-methyl/N-ethyl adjacent to an activating group) is 1. The van der Waals surface area contributed by atoms with Gasteiger partial charge in [-0.15, -0.1) is 0 Å². The predicted octanol–water partition coefficient (Wildman–Crippen LogP) is 2.40. The Hall–Kier alpha value is -2.92. The molecule has 39 heavy (non-hydrogen) atoms. The third-order valence-corrected chi connectivity index (χ3v) is 8.87. The number of Topliss-reactive ketones (excluding diaryl/α,β-unsaturated/α-hetero) is 2. The summed E-state index contributed by atoms with van der Waals surface area (Å²) in [5.41, 5.74) is 2.70. The zero-order chi connectivity index (χ0) is 29.0. The molecule has 4 atom stereocenters. The fourth-order valence-corrected chi connectivity index (χ4v) is 6.73. The topological polar surface area (TPSA) is 165 Å². The van der Waals surface area contributed by atoms with Gasteiger partial charge in [-0.25, -0.2) is 0 Å². The Kier molecular flexibility index (Phi) is 7.88. The fourth-order valence-electron chi connectivity index (χ4n) is 6.44. The summed E-state index contributed by atoms with van der Waals surface area (Å²) in [4.78, 5) is 42.9. The molecule has 1 aromatic carbocycles. The number of fused-ring (bicyclic) bond motifs is 3. The van der Waals surface area contributed by atoms with Crippen LogP contribution in [-0.2, 0) is 22.6 Å². The lowest BCUT2D eigenvalue weighted by atomic mass is 9.58. The molecule has 0 heterocycles. The largest absolute Gasteiger partial charge is 0.510 e. The Morgan fingerprint density at radius 3 is 2.44 bits per heavy atom. The van der Waals surface area contributed by atoms with Gasteiger partial charge < -0.3 is 26.2 Å². The van der Waals surface area contributed by atoms with E-state index in [-0.39, 0.29) is 29.7 Å². The van der Waals surface area contributed by atoms with E-state index in [2.05, 4.69) is 11.8 Å². The molecular weight excluding hydrogens is 526 g/mol. The average molecular weight is 562 g/mol. The number of hydrogen-bond donors (Lipinski definition) is 5. The molecule has 3 aliphatic carbocycles. The number of aliphatic hydroxyl groups is 3. The van der Waals surface area contributed by atoms with Crippen LogP contribution in [0, 0.1) is 11.8 Å². The number of halogens is 1. The van der Waals surface area contributed by atoms with Crippen molar-refractivity contribution in [3.8, 4) is 5.75 Å². The molecule has 0 aromatic heterocycles. The number of carbonyl (C=O) groups is 3. The number of phenolic OH excluding ortho intramolecular Hbond substituents is 1. The van der Waals surface area contributed by atoms with E-state index < -0.39 is 58.0 Å². The molecule has 0 bridgehead atoms. The van der Waals surface area contributed by atoms with Gasteiger partial charge in [0.15, 0.2) is 11.4 Å². The maximum absolute atomic E-state index is 13.8. The highest BCUT2D eigenvalue weighted by atomic mass is 35.5. The van der Waals surface area contributed by atoms with Crippen molar-refractivity contribution in [2.45, 2.75) is 57.7 Å². The van der Waals surface area contributed by atoms with E-state index in [1.54, 1.807) is 14.1 Å². The Balaban J connectivity index is 1.84. The number of aromatic hydroxyl groups is 1. The molecule has 0 unspecified atom stereocenters. The molecule has 0 fully saturated rings. The number of allylic oxidation sites excluding steroid dienone is 1. The first-order valence-electron chi connectivity index (χ1n) is 13.2. The molecule has 3 aliphatic rings. The first-order chi connectivity index (χ1) is 18.3. The average Bonchev–Trinajstić information content (AvgIpc) is 2.86. The molecule has 1 aromatic rings. The fraction of sp³-hybridized carbons (Fsp3) is 0.536. The van der Waals surface area contributed by atoms with Gasteiger partial charge in [0.1, 0.15) is 22.8 Å². The zero-order valence-electron chi connectivity index (χ0n) is 22.6. The first-order valence-corrected chi connectivity index (χ1v) is 13.6. The molecule has 1 amide bonds. The normalized spacial score (nSPS) is 26.7. The standard InChI is InChI=1S/C28H36ClN3O7/c1-5-7-8-32(6-2)12-14-11-17(33)19-15(21(14)29)9-13-10-16-22(31(3)4)24(35)20(27(30)38)26(37)28(16,39)25(36)18(13)23(19)34/h11,13,16,22,33,35-36,39H,5-10,12H2,1-4H3,(H2,30,38)/t13-,16-,22-,28-/m0/s1. The van der Waals surface area contributed by atoms with Crippen molar-refractivity contribution in [1.82, 2.24) is 9.80 Å². The summed E-state index contributed by atoms with van der Waals surface area (Å²) in [5, 5.41) is 45.2. The highest BCUT2D eigenvalue weighted by Gasteiger charge is 2.63. The summed E-state index contributed by atoms with van der Waals surface area (Å²) >= 11 is 6.83. The maximum atomic E-state index is 13.8. The number of amides is 1. The highest BCUT2D eigenvalue weighted by Crippen LogP contribution is 2.53. The number of nitrogens with zero attached hydrogens (tertiary/aromatic N) is 2. The molecule has 6 N–H and O–H groups in total. The van der Waals surface area contributed by atoms with Gasteiger partial charge in [-0.1, -0.05) is 31.9 Å². The maximum Gasteiger partial charge on any atom is 0.255 e. The quantitative estimate of drug-likeness (QED) is 0.300. The minimum atomic E-state index is -2.66. The number of nitrogens with two attached hydrogens (primary N) is 1. The number of primary amides is 1. The van der Waals surface area contributed by atoms with Crippen LogP contribution >= 0.6 is 11.6 Å². The molecule has 0 saturated heterocycles. The zero-order valence-corrected chi connectivity index (χ0v) is 23.4. The number of hydrogen-bond acceptors (Lipinski definition) is 9. The van der Waals surface area contributed by atoms with E-state index in [4.69, 9.17) is 17.3 Å². The van der Waals surface area contributed by atoms with Crippen molar-refractivity contribution in [2.75, 3.05) is 27.2 Å². The van der Waals surface area contributed by atoms with Gasteiger partial charge >= 0.3 is 0 Å². The lowest BCUT2D eigenvalue weighted by Gasteiger charge is -2.50. The van der Waals surface area contributed by atoms with Crippen LogP contribution in [0.2, 0.25) is 5.02 Å². The molecule has 212 valence electrons. The number of benzene rings is 1. The van der Waals surface area contributed by atoms with Gasteiger partial charge in [-0.2, -0.15) is 0 Å². The van der Waals surface area contributed by atoms with Crippen LogP contribution in [0.4, 0.5) is 0 Å². The molecular formula is C28H36ClN3O7. The number of phenols is 1. The second-order valence-electron chi connectivity index (χ2n) is 10.9. The monoisotopic (exact) mass is 561 g/mol.